The van der Waals surface area contributed by atoms with Gasteiger partial charge < -0.3 is 29.1 Å². The molecule has 8 nitrogen and oxygen atoms in total. The standard InChI is InChI=1S/C28H34N2O6/c1-33-24-7-3-5-19(26(24)34-2)18-30-12-10-28(32,11-13-30)21-8-9-23-20(15-21)16-25(36-23)27(31)29-17-22-6-4-14-35-22/h3,5,7-9,15-16,22,32H,4,6,10-14,17-18H2,1-2H3,(H,29,31)/t22-/m0/s1. The van der Waals surface area contributed by atoms with Crippen molar-refractivity contribution in [2.45, 2.75) is 43.9 Å². The third-order valence-electron chi connectivity index (χ3n) is 7.35. The molecule has 2 fully saturated rings. The third-order valence-corrected chi connectivity index (χ3v) is 7.35. The summed E-state index contributed by atoms with van der Waals surface area (Å²) in [6, 6.07) is 13.3. The lowest BCUT2D eigenvalue weighted by atomic mass is 9.84. The van der Waals surface area contributed by atoms with Crippen LogP contribution in [0, 0.1) is 0 Å². The molecule has 1 atom stereocenters. The van der Waals surface area contributed by atoms with E-state index in [2.05, 4.69) is 10.2 Å². The number of carbonyl (C=O) groups excluding carboxylic acids is 1. The Balaban J connectivity index is 1.23. The summed E-state index contributed by atoms with van der Waals surface area (Å²) in [6.07, 6.45) is 3.29. The first-order valence-corrected chi connectivity index (χ1v) is 12.6. The van der Waals surface area contributed by atoms with Crippen LogP contribution in [0.25, 0.3) is 11.0 Å². The van der Waals surface area contributed by atoms with Crippen LogP contribution in [-0.4, -0.2) is 62.5 Å². The zero-order valence-corrected chi connectivity index (χ0v) is 20.9. The minimum Gasteiger partial charge on any atom is -0.493 e. The van der Waals surface area contributed by atoms with E-state index >= 15 is 0 Å². The first-order valence-electron chi connectivity index (χ1n) is 12.6. The van der Waals surface area contributed by atoms with Crippen LogP contribution in [-0.2, 0) is 16.9 Å². The maximum Gasteiger partial charge on any atom is 0.287 e. The number of methoxy groups -OCH3 is 2. The van der Waals surface area contributed by atoms with E-state index in [1.807, 2.05) is 36.4 Å². The zero-order valence-electron chi connectivity index (χ0n) is 20.9. The average molecular weight is 495 g/mol. The Hall–Kier alpha value is -3.07. The Morgan fingerprint density at radius 3 is 2.72 bits per heavy atom. The highest BCUT2D eigenvalue weighted by molar-refractivity contribution is 5.96. The molecule has 0 saturated carbocycles. The number of nitrogens with one attached hydrogen (secondary N) is 1. The Morgan fingerprint density at radius 2 is 2.00 bits per heavy atom. The normalized spacial score (nSPS) is 19.9. The van der Waals surface area contributed by atoms with Crippen LogP contribution in [0.3, 0.4) is 0 Å². The number of nitrogens with zero attached hydrogens (tertiary/aromatic N) is 1. The fraction of sp³-hybridized carbons (Fsp3) is 0.464. The van der Waals surface area contributed by atoms with Gasteiger partial charge in [0.2, 0.25) is 0 Å². The molecule has 0 radical (unpaired) electrons. The van der Waals surface area contributed by atoms with Crippen molar-refractivity contribution in [1.82, 2.24) is 10.2 Å². The van der Waals surface area contributed by atoms with Crippen LogP contribution < -0.4 is 14.8 Å². The van der Waals surface area contributed by atoms with Gasteiger partial charge in [-0.3, -0.25) is 9.69 Å². The number of likely N-dealkylation sites (tertiary alicyclic amines) is 1. The van der Waals surface area contributed by atoms with Crippen LogP contribution in [0.4, 0.5) is 0 Å². The first kappa shape index (κ1) is 24.6. The number of hydrogen-bond donors (Lipinski definition) is 2. The van der Waals surface area contributed by atoms with Gasteiger partial charge in [-0.25, -0.2) is 0 Å². The van der Waals surface area contributed by atoms with E-state index in [4.69, 9.17) is 18.6 Å². The van der Waals surface area contributed by atoms with Crippen molar-refractivity contribution in [3.8, 4) is 11.5 Å². The molecule has 192 valence electrons. The largest absolute Gasteiger partial charge is 0.493 e. The van der Waals surface area contributed by atoms with Gasteiger partial charge in [0.05, 0.1) is 25.9 Å². The van der Waals surface area contributed by atoms with Gasteiger partial charge in [-0.15, -0.1) is 0 Å². The van der Waals surface area contributed by atoms with Crippen molar-refractivity contribution >= 4 is 16.9 Å². The minimum absolute atomic E-state index is 0.0788. The monoisotopic (exact) mass is 494 g/mol. The lowest BCUT2D eigenvalue weighted by Crippen LogP contribution is -2.42. The van der Waals surface area contributed by atoms with Gasteiger partial charge in [0.15, 0.2) is 17.3 Å². The number of rotatable bonds is 8. The van der Waals surface area contributed by atoms with E-state index in [9.17, 15) is 9.90 Å². The SMILES string of the molecule is COc1cccc(CN2CCC(O)(c3ccc4oc(C(=O)NC[C@@H]5CCCO5)cc4c3)CC2)c1OC. The molecule has 1 amide bonds. The molecule has 5 rings (SSSR count). The minimum atomic E-state index is -0.928. The molecular weight excluding hydrogens is 460 g/mol. The number of para-hydroxylation sites is 1. The van der Waals surface area contributed by atoms with Crippen molar-refractivity contribution in [2.75, 3.05) is 40.5 Å². The van der Waals surface area contributed by atoms with Crippen LogP contribution in [0.1, 0.15) is 47.4 Å². The quantitative estimate of drug-likeness (QED) is 0.491. The van der Waals surface area contributed by atoms with Gasteiger partial charge in [0.1, 0.15) is 5.58 Å². The van der Waals surface area contributed by atoms with Crippen molar-refractivity contribution < 1.29 is 28.5 Å². The highest BCUT2D eigenvalue weighted by Crippen LogP contribution is 2.37. The number of fused-ring (bicyclic) bond motifs is 1. The summed E-state index contributed by atoms with van der Waals surface area (Å²) >= 11 is 0. The summed E-state index contributed by atoms with van der Waals surface area (Å²) < 4.78 is 22.3. The summed E-state index contributed by atoms with van der Waals surface area (Å²) in [5.41, 5.74) is 1.61. The fourth-order valence-corrected chi connectivity index (χ4v) is 5.23. The molecule has 0 aliphatic carbocycles. The molecule has 0 bridgehead atoms. The van der Waals surface area contributed by atoms with Crippen LogP contribution in [0.2, 0.25) is 0 Å². The molecule has 8 heteroatoms. The molecule has 3 heterocycles. The van der Waals surface area contributed by atoms with Gasteiger partial charge in [-0.1, -0.05) is 18.2 Å². The van der Waals surface area contributed by atoms with E-state index in [0.717, 1.165) is 67.1 Å². The molecule has 1 aromatic heterocycles. The van der Waals surface area contributed by atoms with E-state index in [1.54, 1.807) is 20.3 Å². The molecule has 2 aromatic carbocycles. The third kappa shape index (κ3) is 5.07. The second-order valence-corrected chi connectivity index (χ2v) is 9.67. The van der Waals surface area contributed by atoms with Crippen LogP contribution in [0.15, 0.2) is 46.9 Å². The van der Waals surface area contributed by atoms with Crippen molar-refractivity contribution in [1.29, 1.82) is 0 Å². The van der Waals surface area contributed by atoms with Gasteiger partial charge in [0, 0.05) is 43.7 Å². The lowest BCUT2D eigenvalue weighted by Gasteiger charge is -2.38. The number of aliphatic hydroxyl groups is 1. The lowest BCUT2D eigenvalue weighted by molar-refractivity contribution is -0.0277. The Labute approximate surface area is 211 Å². The molecule has 36 heavy (non-hydrogen) atoms. The van der Waals surface area contributed by atoms with Crippen LogP contribution >= 0.6 is 0 Å². The molecule has 2 aliphatic rings. The van der Waals surface area contributed by atoms with Crippen molar-refractivity contribution in [2.24, 2.45) is 0 Å². The molecule has 2 saturated heterocycles. The predicted octanol–water partition coefficient (Wildman–Crippen LogP) is 3.84. The maximum atomic E-state index is 12.6. The van der Waals surface area contributed by atoms with E-state index < -0.39 is 5.60 Å². The highest BCUT2D eigenvalue weighted by Gasteiger charge is 2.34. The summed E-state index contributed by atoms with van der Waals surface area (Å²) in [6.45, 7) is 3.46. The highest BCUT2D eigenvalue weighted by atomic mass is 16.5. The summed E-state index contributed by atoms with van der Waals surface area (Å²) in [4.78, 5) is 14.9. The van der Waals surface area contributed by atoms with Crippen molar-refractivity contribution in [3.63, 3.8) is 0 Å². The molecule has 2 aliphatic heterocycles. The zero-order chi connectivity index (χ0) is 25.1. The summed E-state index contributed by atoms with van der Waals surface area (Å²) in [5.74, 6) is 1.50. The Kier molecular flexibility index (Phi) is 7.18. The van der Waals surface area contributed by atoms with Gasteiger partial charge in [0.25, 0.3) is 5.91 Å². The fourth-order valence-electron chi connectivity index (χ4n) is 5.23. The molecule has 0 unspecified atom stereocenters. The first-order chi connectivity index (χ1) is 17.5. The molecule has 2 N–H and O–H groups in total. The number of amides is 1. The van der Waals surface area contributed by atoms with E-state index in [1.165, 1.54) is 0 Å². The van der Waals surface area contributed by atoms with E-state index in [0.29, 0.717) is 25.0 Å². The summed E-state index contributed by atoms with van der Waals surface area (Å²) in [7, 11) is 3.29. The number of piperidine rings is 1. The second-order valence-electron chi connectivity index (χ2n) is 9.67. The number of ether oxygens (including phenoxy) is 3. The number of benzene rings is 2. The van der Waals surface area contributed by atoms with E-state index in [-0.39, 0.29) is 17.8 Å². The number of hydrogen-bond acceptors (Lipinski definition) is 7. The maximum absolute atomic E-state index is 12.6. The molecule has 0 spiro atoms. The number of carbonyl (C=O) groups is 1. The Morgan fingerprint density at radius 1 is 1.17 bits per heavy atom. The topological polar surface area (TPSA) is 93.4 Å². The molecular formula is C28H34N2O6. The summed E-state index contributed by atoms with van der Waals surface area (Å²) in [5, 5.41) is 15.2. The smallest absolute Gasteiger partial charge is 0.287 e. The van der Waals surface area contributed by atoms with Gasteiger partial charge in [-0.2, -0.15) is 0 Å². The van der Waals surface area contributed by atoms with Crippen LogP contribution in [0.5, 0.6) is 11.5 Å². The predicted molar refractivity (Wildman–Crippen MR) is 135 cm³/mol. The Bertz CT molecular complexity index is 1210. The van der Waals surface area contributed by atoms with Gasteiger partial charge >= 0.3 is 0 Å². The van der Waals surface area contributed by atoms with Crippen molar-refractivity contribution in [3.05, 3.63) is 59.4 Å². The average Bonchev–Trinajstić information content (AvgIpc) is 3.58. The molecule has 3 aromatic rings. The number of furan rings is 1. The van der Waals surface area contributed by atoms with Gasteiger partial charge in [-0.05, 0) is 55.5 Å². The second kappa shape index (κ2) is 10.5.